The number of nitrogens with zero attached hydrogens (tertiary/aromatic N) is 6. The largest absolute Gasteiger partial charge is 0.444 e. The van der Waals surface area contributed by atoms with E-state index in [0.717, 1.165) is 38.3 Å². The van der Waals surface area contributed by atoms with Crippen LogP contribution in [0.15, 0.2) is 54.4 Å². The number of piperazine rings is 1. The zero-order valence-electron chi connectivity index (χ0n) is 17.6. The van der Waals surface area contributed by atoms with Gasteiger partial charge in [-0.15, -0.1) is 10.2 Å². The van der Waals surface area contributed by atoms with Gasteiger partial charge < -0.3 is 13.4 Å². The van der Waals surface area contributed by atoms with Crippen molar-refractivity contribution in [3.8, 4) is 23.0 Å². The Morgan fingerprint density at radius 2 is 1.65 bits per heavy atom. The molecule has 5 rings (SSSR count). The average molecular weight is 539 g/mol. The first kappa shape index (κ1) is 22.7. The number of alkyl halides is 3. The van der Waals surface area contributed by atoms with E-state index in [0.29, 0.717) is 41.2 Å². The molecule has 0 amide bonds. The second-order valence-corrected chi connectivity index (χ2v) is 8.53. The first-order chi connectivity index (χ1) is 16.3. The number of aromatic nitrogens is 4. The van der Waals surface area contributed by atoms with E-state index in [1.54, 1.807) is 12.1 Å². The molecule has 3 aromatic heterocycles. The average Bonchev–Trinajstić information content (AvgIpc) is 3.56. The van der Waals surface area contributed by atoms with Crippen LogP contribution >= 0.6 is 15.9 Å². The van der Waals surface area contributed by atoms with Gasteiger partial charge in [0.15, 0.2) is 10.4 Å². The van der Waals surface area contributed by atoms with E-state index in [1.165, 1.54) is 12.1 Å². The molecule has 0 saturated carbocycles. The Balaban J connectivity index is 1.14. The number of furan rings is 1. The number of hydrogen-bond donors (Lipinski definition) is 0. The van der Waals surface area contributed by atoms with Gasteiger partial charge in [0.2, 0.25) is 17.6 Å². The predicted molar refractivity (Wildman–Crippen MR) is 115 cm³/mol. The second-order valence-electron chi connectivity index (χ2n) is 7.75. The van der Waals surface area contributed by atoms with Gasteiger partial charge in [-0.05, 0) is 40.2 Å². The molecule has 0 radical (unpaired) electrons. The molecular formula is C21H18BrF3N6O3. The number of hydrogen-bond acceptors (Lipinski definition) is 9. The van der Waals surface area contributed by atoms with Crippen LogP contribution in [0.25, 0.3) is 23.0 Å². The van der Waals surface area contributed by atoms with Gasteiger partial charge in [-0.2, -0.15) is 18.2 Å². The molecule has 0 unspecified atom stereocenters. The lowest BCUT2D eigenvalue weighted by Crippen LogP contribution is -2.45. The minimum atomic E-state index is -4.43. The maximum Gasteiger partial charge on any atom is 0.416 e. The smallest absolute Gasteiger partial charge is 0.416 e. The van der Waals surface area contributed by atoms with E-state index >= 15 is 0 Å². The van der Waals surface area contributed by atoms with E-state index in [2.05, 4.69) is 46.1 Å². The highest BCUT2D eigenvalue weighted by atomic mass is 79.9. The summed E-state index contributed by atoms with van der Waals surface area (Å²) in [4.78, 5) is 8.60. The lowest BCUT2D eigenvalue weighted by Gasteiger charge is -2.32. The van der Waals surface area contributed by atoms with Crippen molar-refractivity contribution in [1.82, 2.24) is 30.1 Å². The van der Waals surface area contributed by atoms with Crippen LogP contribution in [0.3, 0.4) is 0 Å². The van der Waals surface area contributed by atoms with E-state index in [9.17, 15) is 13.2 Å². The number of benzene rings is 1. The Morgan fingerprint density at radius 1 is 0.912 bits per heavy atom. The maximum absolute atomic E-state index is 13.0. The lowest BCUT2D eigenvalue weighted by molar-refractivity contribution is -0.137. The summed E-state index contributed by atoms with van der Waals surface area (Å²) in [6.45, 7) is 3.94. The van der Waals surface area contributed by atoms with Crippen molar-refractivity contribution < 1.29 is 26.5 Å². The topological polar surface area (TPSA) is 97.5 Å². The molecule has 9 nitrogen and oxygen atoms in total. The van der Waals surface area contributed by atoms with Crippen LogP contribution in [0, 0.1) is 0 Å². The zero-order valence-corrected chi connectivity index (χ0v) is 19.2. The normalized spacial score (nSPS) is 15.8. The molecule has 4 heterocycles. The third-order valence-electron chi connectivity index (χ3n) is 5.35. The van der Waals surface area contributed by atoms with Crippen LogP contribution in [0.5, 0.6) is 0 Å². The highest BCUT2D eigenvalue weighted by molar-refractivity contribution is 9.10. The summed E-state index contributed by atoms with van der Waals surface area (Å²) >= 11 is 3.24. The molecule has 1 aliphatic rings. The Kier molecular flexibility index (Phi) is 6.23. The molecule has 1 aliphatic heterocycles. The van der Waals surface area contributed by atoms with Crippen molar-refractivity contribution >= 4 is 15.9 Å². The van der Waals surface area contributed by atoms with E-state index in [-0.39, 0.29) is 11.4 Å². The van der Waals surface area contributed by atoms with Crippen LogP contribution in [0.1, 0.15) is 17.3 Å². The quantitative estimate of drug-likeness (QED) is 0.352. The summed E-state index contributed by atoms with van der Waals surface area (Å²) in [7, 11) is 0. The molecule has 1 saturated heterocycles. The van der Waals surface area contributed by atoms with Crippen LogP contribution < -0.4 is 0 Å². The zero-order chi connectivity index (χ0) is 23.7. The Bertz CT molecular complexity index is 1260. The monoisotopic (exact) mass is 538 g/mol. The highest BCUT2D eigenvalue weighted by Crippen LogP contribution is 2.31. The molecule has 0 atom stereocenters. The minimum absolute atomic E-state index is 0.135. The van der Waals surface area contributed by atoms with E-state index < -0.39 is 11.7 Å². The Hall–Kier alpha value is -3.03. The first-order valence-corrected chi connectivity index (χ1v) is 11.2. The molecule has 178 valence electrons. The molecule has 34 heavy (non-hydrogen) atoms. The SMILES string of the molecule is FC(F)(F)c1cccc(-c2noc(CN3CCN(Cc4nnc(-c5ccc(Br)o5)o4)CC3)n2)c1. The van der Waals surface area contributed by atoms with Crippen molar-refractivity contribution in [1.29, 1.82) is 0 Å². The predicted octanol–water partition coefficient (Wildman–Crippen LogP) is 4.48. The van der Waals surface area contributed by atoms with Gasteiger partial charge in [-0.1, -0.05) is 17.3 Å². The summed E-state index contributed by atoms with van der Waals surface area (Å²) in [6.07, 6.45) is -4.43. The van der Waals surface area contributed by atoms with Gasteiger partial charge in [-0.3, -0.25) is 9.80 Å². The van der Waals surface area contributed by atoms with Crippen LogP contribution in [0.2, 0.25) is 0 Å². The summed E-state index contributed by atoms with van der Waals surface area (Å²) in [5.74, 6) is 1.81. The Labute approximate surface area is 199 Å². The molecule has 13 heteroatoms. The van der Waals surface area contributed by atoms with Gasteiger partial charge in [-0.25, -0.2) is 0 Å². The fourth-order valence-corrected chi connectivity index (χ4v) is 3.91. The van der Waals surface area contributed by atoms with Crippen LogP contribution in [-0.2, 0) is 19.3 Å². The molecule has 1 fully saturated rings. The van der Waals surface area contributed by atoms with Crippen molar-refractivity contribution in [2.75, 3.05) is 26.2 Å². The van der Waals surface area contributed by atoms with Crippen molar-refractivity contribution in [2.24, 2.45) is 0 Å². The molecule has 0 spiro atoms. The van der Waals surface area contributed by atoms with Crippen molar-refractivity contribution in [3.05, 3.63) is 58.4 Å². The standard InChI is InChI=1S/C21H18BrF3N6O3/c22-16-5-4-15(32-16)20-28-27-18(33-20)12-31-8-6-30(7-9-31)11-17-26-19(29-34-17)13-2-1-3-14(10-13)21(23,24)25/h1-5,10H,6-9,11-12H2. The van der Waals surface area contributed by atoms with Crippen LogP contribution in [0.4, 0.5) is 13.2 Å². The maximum atomic E-state index is 13.0. The highest BCUT2D eigenvalue weighted by Gasteiger charge is 2.31. The summed E-state index contributed by atoms with van der Waals surface area (Å²) in [6, 6.07) is 8.38. The van der Waals surface area contributed by atoms with Gasteiger partial charge in [0, 0.05) is 31.7 Å². The third-order valence-corrected chi connectivity index (χ3v) is 5.78. The third kappa shape index (κ3) is 5.21. The molecule has 0 bridgehead atoms. The number of halogens is 4. The number of rotatable bonds is 6. The van der Waals surface area contributed by atoms with E-state index in [4.69, 9.17) is 13.4 Å². The van der Waals surface area contributed by atoms with Crippen LogP contribution in [-0.4, -0.2) is 56.3 Å². The van der Waals surface area contributed by atoms with Gasteiger partial charge in [0.25, 0.3) is 5.89 Å². The first-order valence-electron chi connectivity index (χ1n) is 10.4. The fraction of sp³-hybridized carbons (Fsp3) is 0.333. The summed E-state index contributed by atoms with van der Waals surface area (Å²) < 4.78 is 55.8. The summed E-state index contributed by atoms with van der Waals surface area (Å²) in [5, 5.41) is 12.0. The molecule has 1 aromatic carbocycles. The van der Waals surface area contributed by atoms with Crippen molar-refractivity contribution in [3.63, 3.8) is 0 Å². The van der Waals surface area contributed by atoms with E-state index in [1.807, 2.05) is 0 Å². The molecule has 0 aliphatic carbocycles. The minimum Gasteiger partial charge on any atom is -0.444 e. The lowest BCUT2D eigenvalue weighted by atomic mass is 10.1. The Morgan fingerprint density at radius 3 is 2.32 bits per heavy atom. The van der Waals surface area contributed by atoms with Gasteiger partial charge in [0.05, 0.1) is 18.7 Å². The summed E-state index contributed by atoms with van der Waals surface area (Å²) in [5.41, 5.74) is -0.492. The molecule has 0 N–H and O–H groups in total. The fourth-order valence-electron chi connectivity index (χ4n) is 3.61. The van der Waals surface area contributed by atoms with Gasteiger partial charge in [0.1, 0.15) is 0 Å². The second kappa shape index (κ2) is 9.31. The molecule has 4 aromatic rings. The van der Waals surface area contributed by atoms with Gasteiger partial charge >= 0.3 is 6.18 Å². The van der Waals surface area contributed by atoms with Crippen molar-refractivity contribution in [2.45, 2.75) is 19.3 Å². The molecular weight excluding hydrogens is 521 g/mol.